The Bertz CT molecular complexity index is 355. The molecule has 4 N–H and O–H groups in total. The normalized spacial score (nSPS) is 14.1. The molecule has 6 nitrogen and oxygen atoms in total. The lowest BCUT2D eigenvalue weighted by Crippen LogP contribution is -2.39. The third-order valence-corrected chi connectivity index (χ3v) is 3.31. The first-order valence-corrected chi connectivity index (χ1v) is 5.79. The molecule has 1 unspecified atom stereocenters. The minimum Gasteiger partial charge on any atom is -0.335 e. The van der Waals surface area contributed by atoms with E-state index in [1.807, 2.05) is 6.92 Å². The molecule has 0 fully saturated rings. The highest BCUT2D eigenvalue weighted by atomic mass is 32.2. The van der Waals surface area contributed by atoms with Crippen molar-refractivity contribution < 1.29 is 8.42 Å². The zero-order chi connectivity index (χ0) is 10.6. The highest BCUT2D eigenvalue weighted by molar-refractivity contribution is 7.89. The largest absolute Gasteiger partial charge is 0.335 e. The Morgan fingerprint density at radius 1 is 1.71 bits per heavy atom. The summed E-state index contributed by atoms with van der Waals surface area (Å²) in [5.41, 5.74) is 5.39. The van der Waals surface area contributed by atoms with Crippen LogP contribution in [0.5, 0.6) is 0 Å². The molecule has 0 saturated heterocycles. The van der Waals surface area contributed by atoms with Crippen molar-refractivity contribution in [3.05, 3.63) is 12.5 Å². The van der Waals surface area contributed by atoms with Crippen LogP contribution in [-0.4, -0.2) is 31.0 Å². The van der Waals surface area contributed by atoms with Gasteiger partial charge in [0.25, 0.3) is 10.0 Å². The van der Waals surface area contributed by atoms with Crippen molar-refractivity contribution in [3.8, 4) is 0 Å². The fourth-order valence-corrected chi connectivity index (χ4v) is 2.21. The summed E-state index contributed by atoms with van der Waals surface area (Å²) < 4.78 is 25.6. The van der Waals surface area contributed by atoms with Gasteiger partial charge in [0.1, 0.15) is 0 Å². The van der Waals surface area contributed by atoms with Gasteiger partial charge in [-0.05, 0) is 6.42 Å². The van der Waals surface area contributed by atoms with E-state index in [0.717, 1.165) is 0 Å². The second kappa shape index (κ2) is 4.54. The van der Waals surface area contributed by atoms with Crippen LogP contribution in [0, 0.1) is 0 Å². The second-order valence-electron chi connectivity index (χ2n) is 2.88. The molecule has 14 heavy (non-hydrogen) atoms. The average Bonchev–Trinajstić information content (AvgIpc) is 2.67. The van der Waals surface area contributed by atoms with Gasteiger partial charge in [-0.2, -0.15) is 0 Å². The molecule has 1 atom stereocenters. The number of sulfonamides is 1. The minimum atomic E-state index is -3.49. The van der Waals surface area contributed by atoms with Gasteiger partial charge in [-0.15, -0.1) is 0 Å². The number of aromatic amines is 1. The lowest BCUT2D eigenvalue weighted by molar-refractivity contribution is 0.540. The molecule has 0 aliphatic carbocycles. The van der Waals surface area contributed by atoms with Gasteiger partial charge in [0.15, 0.2) is 5.03 Å². The standard InChI is InChI=1S/C7H14N4O2S/c1-2-6(3-8)11-14(12,13)7-4-9-5-10-7/h4-6,11H,2-3,8H2,1H3,(H,9,10). The Labute approximate surface area is 83.0 Å². The van der Waals surface area contributed by atoms with E-state index in [0.29, 0.717) is 6.42 Å². The van der Waals surface area contributed by atoms with E-state index in [2.05, 4.69) is 14.7 Å². The molecular formula is C7H14N4O2S. The highest BCUT2D eigenvalue weighted by Crippen LogP contribution is 2.03. The SMILES string of the molecule is CCC(CN)NS(=O)(=O)c1cnc[nH]1. The van der Waals surface area contributed by atoms with Gasteiger partial charge >= 0.3 is 0 Å². The Hall–Kier alpha value is -0.920. The summed E-state index contributed by atoms with van der Waals surface area (Å²) in [7, 11) is -3.49. The van der Waals surface area contributed by atoms with E-state index in [1.54, 1.807) is 0 Å². The molecule has 0 saturated carbocycles. The molecule has 7 heteroatoms. The van der Waals surface area contributed by atoms with Crippen molar-refractivity contribution in [1.82, 2.24) is 14.7 Å². The first kappa shape index (κ1) is 11.2. The van der Waals surface area contributed by atoms with E-state index in [4.69, 9.17) is 5.73 Å². The van der Waals surface area contributed by atoms with Crippen LogP contribution in [0.1, 0.15) is 13.3 Å². The molecule has 0 spiro atoms. The van der Waals surface area contributed by atoms with Crippen LogP contribution in [0.15, 0.2) is 17.6 Å². The minimum absolute atomic E-state index is 0.0596. The first-order valence-electron chi connectivity index (χ1n) is 4.31. The number of nitrogens with one attached hydrogen (secondary N) is 2. The molecule has 0 radical (unpaired) electrons. The van der Waals surface area contributed by atoms with Gasteiger partial charge in [0, 0.05) is 12.6 Å². The van der Waals surface area contributed by atoms with E-state index in [1.165, 1.54) is 12.5 Å². The number of imidazole rings is 1. The Morgan fingerprint density at radius 2 is 2.43 bits per heavy atom. The summed E-state index contributed by atoms with van der Waals surface area (Å²) in [6.07, 6.45) is 3.23. The van der Waals surface area contributed by atoms with Gasteiger partial charge in [-0.3, -0.25) is 0 Å². The van der Waals surface area contributed by atoms with E-state index in [9.17, 15) is 8.42 Å². The Balaban J connectivity index is 2.77. The zero-order valence-electron chi connectivity index (χ0n) is 7.90. The molecule has 0 bridgehead atoms. The lowest BCUT2D eigenvalue weighted by atomic mass is 10.2. The van der Waals surface area contributed by atoms with Crippen molar-refractivity contribution in [2.75, 3.05) is 6.54 Å². The van der Waals surface area contributed by atoms with Crippen LogP contribution in [0.25, 0.3) is 0 Å². The molecule has 1 rings (SSSR count). The molecular weight excluding hydrogens is 204 g/mol. The third kappa shape index (κ3) is 2.53. The van der Waals surface area contributed by atoms with E-state index >= 15 is 0 Å². The maximum absolute atomic E-state index is 11.6. The third-order valence-electron chi connectivity index (χ3n) is 1.86. The van der Waals surface area contributed by atoms with Gasteiger partial charge < -0.3 is 10.7 Å². The van der Waals surface area contributed by atoms with Gasteiger partial charge in [0.05, 0.1) is 12.5 Å². The van der Waals surface area contributed by atoms with Crippen LogP contribution in [0.2, 0.25) is 0 Å². The maximum Gasteiger partial charge on any atom is 0.257 e. The summed E-state index contributed by atoms with van der Waals surface area (Å²) >= 11 is 0. The van der Waals surface area contributed by atoms with Gasteiger partial charge in [-0.25, -0.2) is 18.1 Å². The summed E-state index contributed by atoms with van der Waals surface area (Å²) in [6, 6.07) is -0.233. The molecule has 1 aromatic heterocycles. The van der Waals surface area contributed by atoms with E-state index < -0.39 is 10.0 Å². The molecule has 80 valence electrons. The van der Waals surface area contributed by atoms with E-state index in [-0.39, 0.29) is 17.6 Å². The van der Waals surface area contributed by atoms with Gasteiger partial charge in [-0.1, -0.05) is 6.92 Å². The van der Waals surface area contributed by atoms with Crippen LogP contribution in [0.3, 0.4) is 0 Å². The summed E-state index contributed by atoms with van der Waals surface area (Å²) in [6.45, 7) is 2.15. The predicted molar refractivity (Wildman–Crippen MR) is 52.0 cm³/mol. The van der Waals surface area contributed by atoms with Crippen molar-refractivity contribution >= 4 is 10.0 Å². The Kier molecular flexibility index (Phi) is 3.62. The predicted octanol–water partition coefficient (Wildman–Crippen LogP) is -0.575. The topological polar surface area (TPSA) is 101 Å². The highest BCUT2D eigenvalue weighted by Gasteiger charge is 2.18. The summed E-state index contributed by atoms with van der Waals surface area (Å²) in [5.74, 6) is 0. The fraction of sp³-hybridized carbons (Fsp3) is 0.571. The number of nitrogens with zero attached hydrogens (tertiary/aromatic N) is 1. The average molecular weight is 218 g/mol. The Morgan fingerprint density at radius 3 is 2.86 bits per heavy atom. The molecule has 1 aromatic rings. The van der Waals surface area contributed by atoms with Crippen molar-refractivity contribution in [1.29, 1.82) is 0 Å². The molecule has 0 aliphatic rings. The summed E-state index contributed by atoms with van der Waals surface area (Å²) in [5, 5.41) is 0.0596. The number of hydrogen-bond donors (Lipinski definition) is 3. The maximum atomic E-state index is 11.6. The number of aromatic nitrogens is 2. The number of H-pyrrole nitrogens is 1. The molecule has 0 aromatic carbocycles. The number of hydrogen-bond acceptors (Lipinski definition) is 4. The van der Waals surface area contributed by atoms with Crippen molar-refractivity contribution in [2.24, 2.45) is 5.73 Å². The van der Waals surface area contributed by atoms with Crippen molar-refractivity contribution in [2.45, 2.75) is 24.4 Å². The van der Waals surface area contributed by atoms with Crippen LogP contribution < -0.4 is 10.5 Å². The number of rotatable bonds is 5. The molecule has 1 heterocycles. The van der Waals surface area contributed by atoms with Gasteiger partial charge in [0.2, 0.25) is 0 Å². The zero-order valence-corrected chi connectivity index (χ0v) is 8.71. The number of nitrogens with two attached hydrogens (primary N) is 1. The molecule has 0 amide bonds. The first-order chi connectivity index (χ1) is 6.60. The van der Waals surface area contributed by atoms with Crippen LogP contribution in [0.4, 0.5) is 0 Å². The quantitative estimate of drug-likeness (QED) is 0.615. The smallest absolute Gasteiger partial charge is 0.257 e. The fourth-order valence-electron chi connectivity index (χ4n) is 0.971. The van der Waals surface area contributed by atoms with Crippen LogP contribution >= 0.6 is 0 Å². The van der Waals surface area contributed by atoms with Crippen molar-refractivity contribution in [3.63, 3.8) is 0 Å². The second-order valence-corrected chi connectivity index (χ2v) is 4.56. The molecule has 0 aliphatic heterocycles. The van der Waals surface area contributed by atoms with Crippen LogP contribution in [-0.2, 0) is 10.0 Å². The summed E-state index contributed by atoms with van der Waals surface area (Å²) in [4.78, 5) is 6.17. The monoisotopic (exact) mass is 218 g/mol. The lowest BCUT2D eigenvalue weighted by Gasteiger charge is -2.13.